The molecule has 15 heteroatoms. The summed E-state index contributed by atoms with van der Waals surface area (Å²) in [4.78, 5) is 26.2. The molecule has 0 bridgehead atoms. The molecule has 0 radical (unpaired) electrons. The standard InChI is InChI=1S/C20H21F6NO8/c1-4-13-9-15(34-20(24,25)26)10-14-5-7-18(19(21,22)23,35-16(13)14)12(3)33-17(28)32-11(2)6-8-31-27(29)30/h5,7,9-12H,4,6,8H2,1-3H3/t11?,12?,18-/m0/s1. The van der Waals surface area contributed by atoms with Crippen LogP contribution < -0.4 is 9.47 Å². The molecule has 2 rings (SSSR count). The second kappa shape index (κ2) is 10.5. The quantitative estimate of drug-likeness (QED) is 0.186. The maximum absolute atomic E-state index is 14.2. The summed E-state index contributed by atoms with van der Waals surface area (Å²) < 4.78 is 99.0. The van der Waals surface area contributed by atoms with E-state index in [0.29, 0.717) is 6.08 Å². The third-order valence-electron chi connectivity index (χ3n) is 4.90. The second-order valence-electron chi connectivity index (χ2n) is 7.41. The largest absolute Gasteiger partial charge is 0.573 e. The Morgan fingerprint density at radius 2 is 1.83 bits per heavy atom. The number of carbonyl (C=O) groups is 1. The lowest BCUT2D eigenvalue weighted by molar-refractivity contribution is -0.758. The summed E-state index contributed by atoms with van der Waals surface area (Å²) in [5.74, 6) is -0.986. The van der Waals surface area contributed by atoms with E-state index in [2.05, 4.69) is 9.57 Å². The molecule has 2 unspecified atom stereocenters. The summed E-state index contributed by atoms with van der Waals surface area (Å²) in [6.45, 7) is 3.28. The van der Waals surface area contributed by atoms with Crippen LogP contribution >= 0.6 is 0 Å². The summed E-state index contributed by atoms with van der Waals surface area (Å²) in [6.07, 6.45) is -13.3. The molecule has 1 heterocycles. The molecule has 196 valence electrons. The van der Waals surface area contributed by atoms with Crippen LogP contribution in [0.15, 0.2) is 18.2 Å². The van der Waals surface area contributed by atoms with E-state index >= 15 is 0 Å². The molecule has 1 aromatic rings. The van der Waals surface area contributed by atoms with Gasteiger partial charge in [-0.2, -0.15) is 13.2 Å². The molecule has 35 heavy (non-hydrogen) atoms. The van der Waals surface area contributed by atoms with Gasteiger partial charge in [-0.05, 0) is 44.0 Å². The van der Waals surface area contributed by atoms with E-state index in [1.54, 1.807) is 0 Å². The van der Waals surface area contributed by atoms with E-state index in [9.17, 15) is 41.3 Å². The molecule has 9 nitrogen and oxygen atoms in total. The summed E-state index contributed by atoms with van der Waals surface area (Å²) in [6, 6.07) is 1.77. The van der Waals surface area contributed by atoms with Crippen molar-refractivity contribution in [2.24, 2.45) is 0 Å². The van der Waals surface area contributed by atoms with Gasteiger partial charge in [0.15, 0.2) is 6.10 Å². The first-order valence-corrected chi connectivity index (χ1v) is 10.1. The van der Waals surface area contributed by atoms with Gasteiger partial charge in [0.1, 0.15) is 17.6 Å². The van der Waals surface area contributed by atoms with Crippen LogP contribution in [0.2, 0.25) is 0 Å². The number of benzene rings is 1. The van der Waals surface area contributed by atoms with Crippen LogP contribution in [-0.4, -0.2) is 48.2 Å². The highest BCUT2D eigenvalue weighted by atomic mass is 19.4. The summed E-state index contributed by atoms with van der Waals surface area (Å²) >= 11 is 0. The first-order valence-electron chi connectivity index (χ1n) is 10.1. The van der Waals surface area contributed by atoms with Gasteiger partial charge >= 0.3 is 18.7 Å². The Morgan fingerprint density at radius 1 is 1.17 bits per heavy atom. The Labute approximate surface area is 194 Å². The van der Waals surface area contributed by atoms with Crippen molar-refractivity contribution in [2.75, 3.05) is 6.61 Å². The van der Waals surface area contributed by atoms with Gasteiger partial charge in [0.05, 0.1) is 6.61 Å². The predicted octanol–water partition coefficient (Wildman–Crippen LogP) is 5.38. The molecular formula is C20H21F6NO8. The fourth-order valence-electron chi connectivity index (χ4n) is 3.18. The number of rotatable bonds is 9. The maximum Gasteiger partial charge on any atom is 0.573 e. The number of aryl methyl sites for hydroxylation is 1. The molecule has 1 aromatic carbocycles. The molecule has 1 aliphatic heterocycles. The Kier molecular flexibility index (Phi) is 8.34. The molecular weight excluding hydrogens is 496 g/mol. The molecule has 1 aliphatic rings. The number of ether oxygens (including phenoxy) is 4. The van der Waals surface area contributed by atoms with Crippen LogP contribution in [0, 0.1) is 10.1 Å². The third kappa shape index (κ3) is 7.05. The van der Waals surface area contributed by atoms with Gasteiger partial charge in [-0.25, -0.2) is 4.79 Å². The molecule has 0 amide bonds. The van der Waals surface area contributed by atoms with Gasteiger partial charge in [0.2, 0.25) is 0 Å². The minimum atomic E-state index is -5.13. The highest BCUT2D eigenvalue weighted by Gasteiger charge is 2.62. The molecule has 0 fully saturated rings. The van der Waals surface area contributed by atoms with Gasteiger partial charge in [-0.3, -0.25) is 0 Å². The first kappa shape index (κ1) is 27.9. The van der Waals surface area contributed by atoms with Crippen molar-refractivity contribution in [1.82, 2.24) is 0 Å². The van der Waals surface area contributed by atoms with Crippen LogP contribution in [0.4, 0.5) is 31.1 Å². The zero-order valence-electron chi connectivity index (χ0n) is 18.6. The third-order valence-corrected chi connectivity index (χ3v) is 4.90. The van der Waals surface area contributed by atoms with Crippen molar-refractivity contribution in [2.45, 2.75) is 64.0 Å². The Morgan fingerprint density at radius 3 is 2.37 bits per heavy atom. The van der Waals surface area contributed by atoms with E-state index in [1.807, 2.05) is 0 Å². The lowest BCUT2D eigenvalue weighted by Crippen LogP contribution is -2.58. The molecule has 3 atom stereocenters. The SMILES string of the molecule is CCc1cc(OC(F)(F)F)cc2c1O[C@@](C(C)OC(=O)OC(C)CCO[N+](=O)[O-])(C(F)(F)F)C=C2. The monoisotopic (exact) mass is 517 g/mol. The Balaban J connectivity index is 2.26. The Bertz CT molecular complexity index is 964. The summed E-state index contributed by atoms with van der Waals surface area (Å²) in [5.41, 5.74) is -3.29. The van der Waals surface area contributed by atoms with Crippen molar-refractivity contribution < 1.29 is 60.0 Å². The van der Waals surface area contributed by atoms with Gasteiger partial charge in [-0.1, -0.05) is 13.0 Å². The van der Waals surface area contributed by atoms with Crippen LogP contribution in [0.25, 0.3) is 6.08 Å². The highest BCUT2D eigenvalue weighted by Crippen LogP contribution is 2.46. The second-order valence-corrected chi connectivity index (χ2v) is 7.41. The fraction of sp³-hybridized carbons (Fsp3) is 0.550. The van der Waals surface area contributed by atoms with Crippen molar-refractivity contribution in [3.8, 4) is 11.5 Å². The van der Waals surface area contributed by atoms with E-state index in [-0.39, 0.29) is 29.7 Å². The van der Waals surface area contributed by atoms with Crippen molar-refractivity contribution in [1.29, 1.82) is 0 Å². The highest BCUT2D eigenvalue weighted by molar-refractivity contribution is 5.67. The molecule has 0 N–H and O–H groups in total. The molecule has 0 aliphatic carbocycles. The van der Waals surface area contributed by atoms with Gasteiger partial charge in [0, 0.05) is 12.0 Å². The topological polar surface area (TPSA) is 106 Å². The Hall–Kier alpha value is -3.39. The van der Waals surface area contributed by atoms with Crippen LogP contribution in [0.1, 0.15) is 38.3 Å². The van der Waals surface area contributed by atoms with E-state index in [0.717, 1.165) is 25.1 Å². The molecule has 0 saturated heterocycles. The number of fused-ring (bicyclic) bond motifs is 1. The van der Waals surface area contributed by atoms with Crippen LogP contribution in [-0.2, 0) is 20.7 Å². The average Bonchev–Trinajstić information content (AvgIpc) is 2.70. The van der Waals surface area contributed by atoms with Crippen molar-refractivity contribution in [3.63, 3.8) is 0 Å². The van der Waals surface area contributed by atoms with E-state index in [4.69, 9.17) is 14.2 Å². The normalized spacial score (nSPS) is 19.1. The number of carbonyl (C=O) groups excluding carboxylic acids is 1. The summed E-state index contributed by atoms with van der Waals surface area (Å²) in [5, 5.41) is 9.07. The predicted molar refractivity (Wildman–Crippen MR) is 105 cm³/mol. The van der Waals surface area contributed by atoms with Gasteiger partial charge in [-0.15, -0.1) is 23.3 Å². The average molecular weight is 517 g/mol. The number of hydrogen-bond acceptors (Lipinski definition) is 8. The minimum Gasteiger partial charge on any atom is -0.469 e. The van der Waals surface area contributed by atoms with Crippen molar-refractivity contribution in [3.05, 3.63) is 39.4 Å². The van der Waals surface area contributed by atoms with Crippen LogP contribution in [0.3, 0.4) is 0 Å². The van der Waals surface area contributed by atoms with Crippen LogP contribution in [0.5, 0.6) is 11.5 Å². The first-order chi connectivity index (χ1) is 16.1. The van der Waals surface area contributed by atoms with Crippen molar-refractivity contribution >= 4 is 12.2 Å². The number of alkyl halides is 6. The number of halogens is 6. The molecule has 0 saturated carbocycles. The zero-order chi connectivity index (χ0) is 26.6. The van der Waals surface area contributed by atoms with Gasteiger partial charge in [0.25, 0.3) is 10.7 Å². The molecule has 0 spiro atoms. The molecule has 0 aromatic heterocycles. The smallest absolute Gasteiger partial charge is 0.469 e. The minimum absolute atomic E-state index is 0.000180. The zero-order valence-corrected chi connectivity index (χ0v) is 18.6. The maximum atomic E-state index is 14.2. The van der Waals surface area contributed by atoms with E-state index < -0.39 is 53.9 Å². The number of hydrogen-bond donors (Lipinski definition) is 0. The van der Waals surface area contributed by atoms with Gasteiger partial charge < -0.3 is 23.8 Å². The lowest BCUT2D eigenvalue weighted by Gasteiger charge is -2.40. The summed E-state index contributed by atoms with van der Waals surface area (Å²) in [7, 11) is 0. The number of nitrogens with zero attached hydrogens (tertiary/aromatic N) is 1. The van der Waals surface area contributed by atoms with E-state index in [1.165, 1.54) is 13.8 Å². The fourth-order valence-corrected chi connectivity index (χ4v) is 3.18. The lowest BCUT2D eigenvalue weighted by atomic mass is 9.91.